The van der Waals surface area contributed by atoms with Crippen molar-refractivity contribution in [2.24, 2.45) is 0 Å². The predicted molar refractivity (Wildman–Crippen MR) is 133 cm³/mol. The van der Waals surface area contributed by atoms with Crippen molar-refractivity contribution < 1.29 is 14.3 Å². The molecule has 0 fully saturated rings. The SMILES string of the molecule is CCc1cc2c(=O)n(CC(=O)Nc3nc(-c4ccc5c(c4)N(CC)C(=O)CO5)cs3)cnc2s1. The van der Waals surface area contributed by atoms with E-state index in [1.54, 1.807) is 4.90 Å². The smallest absolute Gasteiger partial charge is 0.265 e. The van der Waals surface area contributed by atoms with Gasteiger partial charge >= 0.3 is 0 Å². The number of amides is 2. The van der Waals surface area contributed by atoms with Gasteiger partial charge in [-0.15, -0.1) is 22.7 Å². The standard InChI is InChI=1S/C23H21N5O4S2/c1-3-14-8-15-21(34-14)24-12-27(22(15)31)9-19(29)26-23-25-16(11-33-23)13-5-6-18-17(7-13)28(4-2)20(30)10-32-18/h5-8,11-12H,3-4,9-10H2,1-2H3,(H,25,26,29). The normalized spacial score (nSPS) is 13.1. The van der Waals surface area contributed by atoms with Crippen molar-refractivity contribution in [3.05, 3.63) is 51.2 Å². The molecule has 34 heavy (non-hydrogen) atoms. The molecule has 0 aliphatic carbocycles. The van der Waals surface area contributed by atoms with Crippen LogP contribution in [0.1, 0.15) is 18.7 Å². The fourth-order valence-corrected chi connectivity index (χ4v) is 5.44. The summed E-state index contributed by atoms with van der Waals surface area (Å²) in [7, 11) is 0. The van der Waals surface area contributed by atoms with Gasteiger partial charge in [-0.1, -0.05) is 6.92 Å². The Bertz CT molecular complexity index is 1470. The lowest BCUT2D eigenvalue weighted by Crippen LogP contribution is -2.38. The number of nitrogens with zero attached hydrogens (tertiary/aromatic N) is 4. The monoisotopic (exact) mass is 495 g/mol. The number of likely N-dealkylation sites (N-methyl/N-ethyl adjacent to an activating group) is 1. The summed E-state index contributed by atoms with van der Waals surface area (Å²) in [5, 5.41) is 5.54. The van der Waals surface area contributed by atoms with Gasteiger partial charge in [0, 0.05) is 22.4 Å². The topological polar surface area (TPSA) is 106 Å². The highest BCUT2D eigenvalue weighted by molar-refractivity contribution is 7.18. The fourth-order valence-electron chi connectivity index (χ4n) is 3.78. The van der Waals surface area contributed by atoms with E-state index in [9.17, 15) is 14.4 Å². The van der Waals surface area contributed by atoms with Crippen LogP contribution in [0, 0.1) is 0 Å². The highest BCUT2D eigenvalue weighted by atomic mass is 32.1. The first-order valence-electron chi connectivity index (χ1n) is 10.8. The summed E-state index contributed by atoms with van der Waals surface area (Å²) in [6.07, 6.45) is 2.24. The molecule has 174 valence electrons. The third-order valence-corrected chi connectivity index (χ3v) is 7.44. The Kier molecular flexibility index (Phi) is 5.88. The number of thiazole rings is 1. The molecule has 0 saturated carbocycles. The molecule has 3 aromatic heterocycles. The van der Waals surface area contributed by atoms with Crippen LogP contribution in [-0.4, -0.2) is 39.5 Å². The van der Waals surface area contributed by atoms with E-state index in [1.165, 1.54) is 33.6 Å². The number of fused-ring (bicyclic) bond motifs is 2. The van der Waals surface area contributed by atoms with Crippen molar-refractivity contribution in [2.75, 3.05) is 23.4 Å². The molecule has 1 aliphatic heterocycles. The molecule has 9 nitrogen and oxygen atoms in total. The van der Waals surface area contributed by atoms with Gasteiger partial charge in [0.2, 0.25) is 5.91 Å². The van der Waals surface area contributed by atoms with Crippen molar-refractivity contribution in [2.45, 2.75) is 26.8 Å². The van der Waals surface area contributed by atoms with E-state index in [2.05, 4.69) is 15.3 Å². The van der Waals surface area contributed by atoms with E-state index in [0.29, 0.717) is 39.0 Å². The minimum absolute atomic E-state index is 0.0325. The van der Waals surface area contributed by atoms with Gasteiger partial charge in [0.25, 0.3) is 11.5 Å². The van der Waals surface area contributed by atoms with Crippen molar-refractivity contribution in [3.63, 3.8) is 0 Å². The average Bonchev–Trinajstić information content (AvgIpc) is 3.48. The first-order valence-corrected chi connectivity index (χ1v) is 12.5. The molecule has 0 atom stereocenters. The average molecular weight is 496 g/mol. The predicted octanol–water partition coefficient (Wildman–Crippen LogP) is 3.53. The summed E-state index contributed by atoms with van der Waals surface area (Å²) >= 11 is 2.77. The summed E-state index contributed by atoms with van der Waals surface area (Å²) in [5.74, 6) is 0.202. The maximum absolute atomic E-state index is 12.7. The van der Waals surface area contributed by atoms with E-state index in [0.717, 1.165) is 16.9 Å². The van der Waals surface area contributed by atoms with Crippen molar-refractivity contribution in [1.29, 1.82) is 0 Å². The molecule has 4 aromatic rings. The number of thiophene rings is 1. The van der Waals surface area contributed by atoms with Crippen LogP contribution in [-0.2, 0) is 22.6 Å². The van der Waals surface area contributed by atoms with E-state index >= 15 is 0 Å². The third kappa shape index (κ3) is 4.08. The highest BCUT2D eigenvalue weighted by Gasteiger charge is 2.25. The maximum Gasteiger partial charge on any atom is 0.265 e. The number of nitrogens with one attached hydrogen (secondary N) is 1. The largest absolute Gasteiger partial charge is 0.482 e. The molecular formula is C23H21N5O4S2. The fraction of sp³-hybridized carbons (Fsp3) is 0.261. The number of carbonyl (C=O) groups excluding carboxylic acids is 2. The Hall–Kier alpha value is -3.57. The molecule has 0 unspecified atom stereocenters. The van der Waals surface area contributed by atoms with Gasteiger partial charge in [0.05, 0.1) is 23.1 Å². The molecule has 2 amide bonds. The van der Waals surface area contributed by atoms with Crippen LogP contribution in [0.2, 0.25) is 0 Å². The van der Waals surface area contributed by atoms with Gasteiger partial charge in [-0.3, -0.25) is 19.0 Å². The van der Waals surface area contributed by atoms with Crippen LogP contribution in [0.3, 0.4) is 0 Å². The first kappa shape index (κ1) is 22.2. The zero-order valence-corrected chi connectivity index (χ0v) is 20.2. The number of carbonyl (C=O) groups is 2. The summed E-state index contributed by atoms with van der Waals surface area (Å²) in [6.45, 7) is 4.36. The Morgan fingerprint density at radius 3 is 2.88 bits per heavy atom. The van der Waals surface area contributed by atoms with E-state index < -0.39 is 0 Å². The van der Waals surface area contributed by atoms with Crippen LogP contribution in [0.5, 0.6) is 5.75 Å². The van der Waals surface area contributed by atoms with Crippen molar-refractivity contribution >= 4 is 55.5 Å². The zero-order valence-electron chi connectivity index (χ0n) is 18.5. The van der Waals surface area contributed by atoms with Gasteiger partial charge < -0.3 is 15.0 Å². The van der Waals surface area contributed by atoms with Crippen LogP contribution < -0.4 is 20.5 Å². The Balaban J connectivity index is 1.32. The number of rotatable bonds is 6. The third-order valence-electron chi connectivity index (χ3n) is 5.50. The van der Waals surface area contributed by atoms with E-state index in [1.807, 2.05) is 43.5 Å². The summed E-state index contributed by atoms with van der Waals surface area (Å²) in [5.41, 5.74) is 1.95. The van der Waals surface area contributed by atoms with Crippen LogP contribution in [0.15, 0.2) is 40.8 Å². The van der Waals surface area contributed by atoms with Gasteiger partial charge in [-0.25, -0.2) is 9.97 Å². The van der Waals surface area contributed by atoms with E-state index in [-0.39, 0.29) is 30.5 Å². The minimum Gasteiger partial charge on any atom is -0.482 e. The molecule has 0 bridgehead atoms. The lowest BCUT2D eigenvalue weighted by Gasteiger charge is -2.28. The van der Waals surface area contributed by atoms with Crippen molar-refractivity contribution in [3.8, 4) is 17.0 Å². The van der Waals surface area contributed by atoms with Crippen molar-refractivity contribution in [1.82, 2.24) is 14.5 Å². The highest BCUT2D eigenvalue weighted by Crippen LogP contribution is 2.36. The molecule has 1 aromatic carbocycles. The Morgan fingerprint density at radius 1 is 1.24 bits per heavy atom. The second-order valence-corrected chi connectivity index (χ2v) is 9.63. The molecule has 5 rings (SSSR count). The van der Waals surface area contributed by atoms with Crippen LogP contribution >= 0.6 is 22.7 Å². The summed E-state index contributed by atoms with van der Waals surface area (Å²) in [6, 6.07) is 7.40. The lowest BCUT2D eigenvalue weighted by atomic mass is 10.1. The number of benzene rings is 1. The molecule has 0 radical (unpaired) electrons. The zero-order chi connectivity index (χ0) is 23.8. The summed E-state index contributed by atoms with van der Waals surface area (Å²) in [4.78, 5) is 49.7. The number of aryl methyl sites for hydroxylation is 1. The number of ether oxygens (including phenoxy) is 1. The molecule has 1 aliphatic rings. The second kappa shape index (κ2) is 8.99. The molecule has 1 N–H and O–H groups in total. The second-order valence-electron chi connectivity index (χ2n) is 7.66. The van der Waals surface area contributed by atoms with Crippen LogP contribution in [0.4, 0.5) is 10.8 Å². The van der Waals surface area contributed by atoms with Gasteiger partial charge in [0.15, 0.2) is 11.7 Å². The molecule has 0 spiro atoms. The quantitative estimate of drug-likeness (QED) is 0.439. The van der Waals surface area contributed by atoms with Gasteiger partial charge in [0.1, 0.15) is 17.1 Å². The lowest BCUT2D eigenvalue weighted by molar-refractivity contribution is -0.121. The van der Waals surface area contributed by atoms with Gasteiger partial charge in [-0.05, 0) is 37.6 Å². The molecule has 0 saturated heterocycles. The maximum atomic E-state index is 12.7. The van der Waals surface area contributed by atoms with E-state index in [4.69, 9.17) is 4.74 Å². The minimum atomic E-state index is -0.364. The van der Waals surface area contributed by atoms with Crippen LogP contribution in [0.25, 0.3) is 21.5 Å². The molecule has 11 heteroatoms. The summed E-state index contributed by atoms with van der Waals surface area (Å²) < 4.78 is 6.82. The number of aromatic nitrogens is 3. The molecular weight excluding hydrogens is 474 g/mol. The number of hydrogen-bond acceptors (Lipinski definition) is 8. The van der Waals surface area contributed by atoms with Gasteiger partial charge in [-0.2, -0.15) is 0 Å². The number of anilines is 2. The first-order chi connectivity index (χ1) is 16.5. The Morgan fingerprint density at radius 2 is 2.09 bits per heavy atom. The Labute approximate surface area is 202 Å². The number of hydrogen-bond donors (Lipinski definition) is 1. The molecule has 4 heterocycles.